The highest BCUT2D eigenvalue weighted by atomic mass is 32.1. The van der Waals surface area contributed by atoms with Gasteiger partial charge in [-0.3, -0.25) is 4.79 Å². The Bertz CT molecular complexity index is 424. The Morgan fingerprint density at radius 3 is 2.47 bits per heavy atom. The highest BCUT2D eigenvalue weighted by molar-refractivity contribution is 7.09. The van der Waals surface area contributed by atoms with E-state index >= 15 is 0 Å². The average Bonchev–Trinajstić information content (AvgIpc) is 2.74. The molecule has 5 nitrogen and oxygen atoms in total. The summed E-state index contributed by atoms with van der Waals surface area (Å²) in [7, 11) is 0. The van der Waals surface area contributed by atoms with Crippen molar-refractivity contribution in [3.05, 3.63) is 5.82 Å². The summed E-state index contributed by atoms with van der Waals surface area (Å²) in [5, 5.41) is 0.771. The van der Waals surface area contributed by atoms with Gasteiger partial charge in [0, 0.05) is 23.0 Å². The molecule has 0 aromatic carbocycles. The zero-order valence-corrected chi connectivity index (χ0v) is 13.4. The third-order valence-electron chi connectivity index (χ3n) is 2.56. The van der Waals surface area contributed by atoms with Crippen molar-refractivity contribution in [3.8, 4) is 0 Å². The molecule has 0 amide bonds. The minimum Gasteiger partial charge on any atom is -0.465 e. The lowest BCUT2D eigenvalue weighted by atomic mass is 9.96. The van der Waals surface area contributed by atoms with E-state index in [2.05, 4.69) is 30.1 Å². The van der Waals surface area contributed by atoms with E-state index in [9.17, 15) is 4.79 Å². The van der Waals surface area contributed by atoms with Crippen LogP contribution >= 0.6 is 11.5 Å². The predicted octanol–water partition coefficient (Wildman–Crippen LogP) is 2.61. The number of ether oxygens (including phenoxy) is 1. The van der Waals surface area contributed by atoms with Gasteiger partial charge in [-0.2, -0.15) is 4.37 Å². The molecule has 0 aliphatic heterocycles. The van der Waals surface area contributed by atoms with E-state index in [1.165, 1.54) is 11.5 Å². The molecule has 0 aliphatic rings. The molecule has 0 atom stereocenters. The van der Waals surface area contributed by atoms with Gasteiger partial charge in [0.1, 0.15) is 12.4 Å². The number of nitrogens with zero attached hydrogens (tertiary/aromatic N) is 3. The molecule has 0 fully saturated rings. The standard InChI is InChI=1S/C13H23N3O2S/c1-7-18-10(17)8-16(9(2)3)12-14-11(15-19-12)13(4,5)6/h9H,7-8H2,1-6H3. The lowest BCUT2D eigenvalue weighted by molar-refractivity contribution is -0.141. The maximum absolute atomic E-state index is 11.6. The first-order chi connectivity index (χ1) is 8.75. The fourth-order valence-corrected chi connectivity index (χ4v) is 2.44. The fourth-order valence-electron chi connectivity index (χ4n) is 1.45. The highest BCUT2D eigenvalue weighted by Gasteiger charge is 2.24. The van der Waals surface area contributed by atoms with Gasteiger partial charge in [0.15, 0.2) is 0 Å². The van der Waals surface area contributed by atoms with E-state index in [4.69, 9.17) is 4.74 Å². The number of hydrogen-bond donors (Lipinski definition) is 0. The quantitative estimate of drug-likeness (QED) is 0.778. The topological polar surface area (TPSA) is 55.3 Å². The molecule has 1 rings (SSSR count). The van der Waals surface area contributed by atoms with Gasteiger partial charge in [-0.25, -0.2) is 4.98 Å². The first kappa shape index (κ1) is 15.9. The van der Waals surface area contributed by atoms with Crippen LogP contribution in [0, 0.1) is 0 Å². The van der Waals surface area contributed by atoms with Crippen molar-refractivity contribution in [1.29, 1.82) is 0 Å². The van der Waals surface area contributed by atoms with Gasteiger partial charge in [-0.15, -0.1) is 0 Å². The van der Waals surface area contributed by atoms with E-state index in [0.29, 0.717) is 6.61 Å². The average molecular weight is 285 g/mol. The molecule has 1 aromatic heterocycles. The first-order valence-electron chi connectivity index (χ1n) is 6.52. The molecule has 6 heteroatoms. The second-order valence-corrected chi connectivity index (χ2v) is 6.41. The third kappa shape index (κ3) is 4.45. The summed E-state index contributed by atoms with van der Waals surface area (Å²) in [5.41, 5.74) is -0.0820. The second kappa shape index (κ2) is 6.32. The molecule has 0 unspecified atom stereocenters. The summed E-state index contributed by atoms with van der Waals surface area (Å²) in [6, 6.07) is 0.171. The summed E-state index contributed by atoms with van der Waals surface area (Å²) >= 11 is 1.33. The van der Waals surface area contributed by atoms with Crippen LogP contribution in [0.2, 0.25) is 0 Å². The SMILES string of the molecule is CCOC(=O)CN(c1nc(C(C)(C)C)ns1)C(C)C. The number of hydrogen-bond acceptors (Lipinski definition) is 6. The maximum atomic E-state index is 11.6. The lowest BCUT2D eigenvalue weighted by Crippen LogP contribution is -2.36. The number of aromatic nitrogens is 2. The van der Waals surface area contributed by atoms with E-state index in [1.54, 1.807) is 6.92 Å². The molecule has 0 N–H and O–H groups in total. The Morgan fingerprint density at radius 2 is 2.05 bits per heavy atom. The molecule has 19 heavy (non-hydrogen) atoms. The van der Waals surface area contributed by atoms with Crippen molar-refractivity contribution in [2.45, 2.75) is 53.0 Å². The van der Waals surface area contributed by atoms with Crippen molar-refractivity contribution >= 4 is 22.6 Å². The third-order valence-corrected chi connectivity index (χ3v) is 3.31. The molecule has 0 aliphatic carbocycles. The zero-order valence-electron chi connectivity index (χ0n) is 12.6. The van der Waals surface area contributed by atoms with Gasteiger partial charge in [0.2, 0.25) is 5.13 Å². The van der Waals surface area contributed by atoms with Crippen LogP contribution in [0.1, 0.15) is 47.4 Å². The van der Waals surface area contributed by atoms with Crippen LogP contribution in [0.25, 0.3) is 0 Å². The Kier molecular flexibility index (Phi) is 5.29. The number of anilines is 1. The Balaban J connectivity index is 2.88. The van der Waals surface area contributed by atoms with Crippen molar-refractivity contribution < 1.29 is 9.53 Å². The molecule has 0 radical (unpaired) electrons. The van der Waals surface area contributed by atoms with E-state index in [-0.39, 0.29) is 24.0 Å². The van der Waals surface area contributed by atoms with Crippen LogP contribution in [-0.4, -0.2) is 34.5 Å². The van der Waals surface area contributed by atoms with E-state index in [1.807, 2.05) is 18.7 Å². The minimum atomic E-state index is -0.233. The van der Waals surface area contributed by atoms with Crippen LogP contribution in [0.4, 0.5) is 5.13 Å². The van der Waals surface area contributed by atoms with E-state index in [0.717, 1.165) is 11.0 Å². The molecular weight excluding hydrogens is 262 g/mol. The van der Waals surface area contributed by atoms with E-state index < -0.39 is 0 Å². The predicted molar refractivity (Wildman–Crippen MR) is 77.7 cm³/mol. The van der Waals surface area contributed by atoms with Crippen LogP contribution in [-0.2, 0) is 14.9 Å². The van der Waals surface area contributed by atoms with Crippen molar-refractivity contribution in [2.75, 3.05) is 18.1 Å². The van der Waals surface area contributed by atoms with Crippen molar-refractivity contribution in [2.24, 2.45) is 0 Å². The van der Waals surface area contributed by atoms with Crippen LogP contribution in [0.5, 0.6) is 0 Å². The van der Waals surface area contributed by atoms with Crippen LogP contribution < -0.4 is 4.90 Å². The van der Waals surface area contributed by atoms with Gasteiger partial charge in [0.05, 0.1) is 6.61 Å². The van der Waals surface area contributed by atoms with Crippen LogP contribution in [0.15, 0.2) is 0 Å². The van der Waals surface area contributed by atoms with Gasteiger partial charge in [0.25, 0.3) is 0 Å². The Labute approximate surface area is 119 Å². The molecule has 0 saturated carbocycles. The van der Waals surface area contributed by atoms with Gasteiger partial charge in [-0.05, 0) is 20.8 Å². The van der Waals surface area contributed by atoms with Crippen LogP contribution in [0.3, 0.4) is 0 Å². The number of carbonyl (C=O) groups excluding carboxylic acids is 1. The smallest absolute Gasteiger partial charge is 0.325 e. The fraction of sp³-hybridized carbons (Fsp3) is 0.769. The van der Waals surface area contributed by atoms with Crippen molar-refractivity contribution in [3.63, 3.8) is 0 Å². The van der Waals surface area contributed by atoms with Gasteiger partial charge in [-0.1, -0.05) is 20.8 Å². The molecular formula is C13H23N3O2S. The largest absolute Gasteiger partial charge is 0.465 e. The van der Waals surface area contributed by atoms with Gasteiger partial charge < -0.3 is 9.64 Å². The zero-order chi connectivity index (χ0) is 14.6. The molecule has 0 saturated heterocycles. The second-order valence-electron chi connectivity index (χ2n) is 5.68. The molecule has 1 heterocycles. The van der Waals surface area contributed by atoms with Crippen molar-refractivity contribution in [1.82, 2.24) is 9.36 Å². The normalized spacial score (nSPS) is 11.7. The first-order valence-corrected chi connectivity index (χ1v) is 7.29. The summed E-state index contributed by atoms with van der Waals surface area (Å²) in [4.78, 5) is 18.1. The molecule has 0 spiro atoms. The summed E-state index contributed by atoms with van der Waals surface area (Å²) < 4.78 is 9.37. The number of esters is 1. The highest BCUT2D eigenvalue weighted by Crippen LogP contribution is 2.26. The van der Waals surface area contributed by atoms with Gasteiger partial charge >= 0.3 is 5.97 Å². The molecule has 108 valence electrons. The molecule has 1 aromatic rings. The molecule has 0 bridgehead atoms. The summed E-state index contributed by atoms with van der Waals surface area (Å²) in [5.74, 6) is 0.575. The Hall–Kier alpha value is -1.17. The summed E-state index contributed by atoms with van der Waals surface area (Å²) in [6.45, 7) is 12.7. The number of rotatable bonds is 5. The Morgan fingerprint density at radius 1 is 1.42 bits per heavy atom. The maximum Gasteiger partial charge on any atom is 0.325 e. The number of carbonyl (C=O) groups is 1. The minimum absolute atomic E-state index is 0.0820. The monoisotopic (exact) mass is 285 g/mol. The lowest BCUT2D eigenvalue weighted by Gasteiger charge is -2.24. The summed E-state index contributed by atoms with van der Waals surface area (Å²) in [6.07, 6.45) is 0.